The van der Waals surface area contributed by atoms with Crippen molar-refractivity contribution in [3.63, 3.8) is 0 Å². The van der Waals surface area contributed by atoms with Crippen LogP contribution in [0.4, 0.5) is 17.1 Å². The molecular formula is C61H51N5. The van der Waals surface area contributed by atoms with Crippen LogP contribution in [0.3, 0.4) is 0 Å². The van der Waals surface area contributed by atoms with Crippen molar-refractivity contribution in [1.82, 2.24) is 14.1 Å². The predicted molar refractivity (Wildman–Crippen MR) is 275 cm³/mol. The highest BCUT2D eigenvalue weighted by Gasteiger charge is 2.21. The van der Waals surface area contributed by atoms with Crippen molar-refractivity contribution >= 4 is 44.4 Å². The van der Waals surface area contributed by atoms with E-state index in [9.17, 15) is 0 Å². The normalized spacial score (nSPS) is 14.8. The van der Waals surface area contributed by atoms with Crippen LogP contribution in [0.2, 0.25) is 0 Å². The molecule has 9 aromatic rings. The molecule has 5 nitrogen and oxygen atoms in total. The summed E-state index contributed by atoms with van der Waals surface area (Å²) in [5.74, 6) is 1.28. The molecule has 0 spiro atoms. The highest BCUT2D eigenvalue weighted by atomic mass is 15.1. The number of benzene rings is 7. The number of fused-ring (bicyclic) bond motifs is 4. The van der Waals surface area contributed by atoms with Gasteiger partial charge in [0.1, 0.15) is 11.2 Å². The quantitative estimate of drug-likeness (QED) is 0.115. The number of anilines is 3. The Morgan fingerprint density at radius 3 is 1.86 bits per heavy atom. The number of hydrogen-bond donors (Lipinski definition) is 0. The molecule has 1 atom stereocenters. The highest BCUT2D eigenvalue weighted by molar-refractivity contribution is 6.08. The fourth-order valence-electron chi connectivity index (χ4n) is 9.80. The van der Waals surface area contributed by atoms with Gasteiger partial charge in [-0.1, -0.05) is 159 Å². The molecule has 0 fully saturated rings. The number of rotatable bonds is 12. The first-order valence-corrected chi connectivity index (χ1v) is 23.2. The van der Waals surface area contributed by atoms with Crippen LogP contribution in [0.25, 0.3) is 55.6 Å². The van der Waals surface area contributed by atoms with Crippen molar-refractivity contribution in [3.8, 4) is 28.2 Å². The van der Waals surface area contributed by atoms with E-state index >= 15 is 0 Å². The Labute approximate surface area is 386 Å². The van der Waals surface area contributed by atoms with Crippen LogP contribution in [0.15, 0.2) is 235 Å². The summed E-state index contributed by atoms with van der Waals surface area (Å²) < 4.78 is 4.66. The van der Waals surface area contributed by atoms with Gasteiger partial charge < -0.3 is 9.47 Å². The molecule has 0 bridgehead atoms. The summed E-state index contributed by atoms with van der Waals surface area (Å²) in [7, 11) is 0. The van der Waals surface area contributed by atoms with Gasteiger partial charge in [-0.25, -0.2) is 4.98 Å². The van der Waals surface area contributed by atoms with E-state index in [0.717, 1.165) is 70.8 Å². The largest absolute Gasteiger partial charge is 0.337 e. The Morgan fingerprint density at radius 2 is 1.23 bits per heavy atom. The van der Waals surface area contributed by atoms with Gasteiger partial charge in [-0.3, -0.25) is 9.56 Å². The lowest BCUT2D eigenvalue weighted by atomic mass is 9.92. The summed E-state index contributed by atoms with van der Waals surface area (Å²) in [6.07, 6.45) is 18.4. The molecule has 66 heavy (non-hydrogen) atoms. The second-order valence-electron chi connectivity index (χ2n) is 17.0. The summed E-state index contributed by atoms with van der Waals surface area (Å²) in [6.45, 7) is 3.75. The summed E-state index contributed by atoms with van der Waals surface area (Å²) >= 11 is 0. The average Bonchev–Trinajstić information content (AvgIpc) is 3.94. The number of para-hydroxylation sites is 3. The minimum absolute atomic E-state index is 0.392. The molecule has 5 heteroatoms. The molecule has 1 aliphatic carbocycles. The molecule has 1 aliphatic heterocycles. The van der Waals surface area contributed by atoms with E-state index in [1.807, 2.05) is 0 Å². The number of allylic oxidation sites excluding steroid dienone is 8. The van der Waals surface area contributed by atoms with Gasteiger partial charge in [0, 0.05) is 69.1 Å². The van der Waals surface area contributed by atoms with Crippen molar-refractivity contribution in [3.05, 3.63) is 246 Å². The number of nitrogens with zero attached hydrogens (tertiary/aromatic N) is 5. The zero-order chi connectivity index (χ0) is 44.2. The lowest BCUT2D eigenvalue weighted by Crippen LogP contribution is -2.35. The van der Waals surface area contributed by atoms with E-state index < -0.39 is 0 Å². The van der Waals surface area contributed by atoms with Crippen molar-refractivity contribution in [2.75, 3.05) is 11.4 Å². The number of imidazole rings is 1. The SMILES string of the molecule is CC/C(=C\C=C/Cn1c2ccccc2c2ccccc21)C1=c2nc(-c3ccc(N(c4ccc(-c5ccccc5)cc4)c4ccc(C5C=CC=CC5)cc4)cc3)n(-c3ccccc3)c2=NCC1. The minimum atomic E-state index is 0.392. The average molecular weight is 854 g/mol. The Kier molecular flexibility index (Phi) is 11.2. The van der Waals surface area contributed by atoms with Gasteiger partial charge in [-0.2, -0.15) is 0 Å². The van der Waals surface area contributed by atoms with E-state index in [1.54, 1.807) is 0 Å². The van der Waals surface area contributed by atoms with Crippen molar-refractivity contribution < 1.29 is 0 Å². The molecule has 2 aromatic heterocycles. The smallest absolute Gasteiger partial charge is 0.160 e. The van der Waals surface area contributed by atoms with Crippen molar-refractivity contribution in [2.45, 2.75) is 38.6 Å². The molecular weight excluding hydrogens is 803 g/mol. The van der Waals surface area contributed by atoms with Gasteiger partial charge in [-0.05, 0) is 120 Å². The van der Waals surface area contributed by atoms with Gasteiger partial charge in [0.05, 0.1) is 0 Å². The molecule has 3 heterocycles. The predicted octanol–water partition coefficient (Wildman–Crippen LogP) is 14.2. The van der Waals surface area contributed by atoms with Crippen LogP contribution in [0.1, 0.15) is 37.7 Å². The van der Waals surface area contributed by atoms with Crippen LogP contribution < -0.4 is 15.7 Å². The van der Waals surface area contributed by atoms with Gasteiger partial charge in [-0.15, -0.1) is 0 Å². The monoisotopic (exact) mass is 853 g/mol. The maximum absolute atomic E-state index is 5.51. The minimum Gasteiger partial charge on any atom is -0.337 e. The molecule has 2 aliphatic rings. The molecule has 0 saturated heterocycles. The Hall–Kier alpha value is -8.02. The van der Waals surface area contributed by atoms with Gasteiger partial charge in [0.25, 0.3) is 0 Å². The van der Waals surface area contributed by atoms with Gasteiger partial charge in [0.2, 0.25) is 0 Å². The summed E-state index contributed by atoms with van der Waals surface area (Å²) in [4.78, 5) is 13.0. The first-order valence-electron chi connectivity index (χ1n) is 23.2. The highest BCUT2D eigenvalue weighted by Crippen LogP contribution is 2.38. The van der Waals surface area contributed by atoms with Crippen LogP contribution >= 0.6 is 0 Å². The van der Waals surface area contributed by atoms with E-state index in [1.165, 1.54) is 49.6 Å². The van der Waals surface area contributed by atoms with Crippen molar-refractivity contribution in [2.24, 2.45) is 4.99 Å². The lowest BCUT2D eigenvalue weighted by molar-refractivity contribution is 0.854. The van der Waals surface area contributed by atoms with Crippen LogP contribution in [0, 0.1) is 0 Å². The summed E-state index contributed by atoms with van der Waals surface area (Å²) in [5.41, 5.74) is 15.1. The van der Waals surface area contributed by atoms with E-state index in [-0.39, 0.29) is 0 Å². The van der Waals surface area contributed by atoms with Gasteiger partial charge in [0.15, 0.2) is 5.49 Å². The molecule has 11 rings (SSSR count). The molecule has 0 radical (unpaired) electrons. The van der Waals surface area contributed by atoms with Crippen LogP contribution in [-0.2, 0) is 6.54 Å². The lowest BCUT2D eigenvalue weighted by Gasteiger charge is -2.26. The number of hydrogen-bond acceptors (Lipinski definition) is 3. The fraction of sp³-hybridized carbons (Fsp3) is 0.115. The molecule has 320 valence electrons. The summed E-state index contributed by atoms with van der Waals surface area (Å²) in [6, 6.07) is 65.4. The molecule has 0 N–H and O–H groups in total. The second-order valence-corrected chi connectivity index (χ2v) is 17.0. The van der Waals surface area contributed by atoms with E-state index in [2.05, 4.69) is 245 Å². The van der Waals surface area contributed by atoms with Crippen molar-refractivity contribution in [1.29, 1.82) is 0 Å². The van der Waals surface area contributed by atoms with Crippen LogP contribution in [-0.4, -0.2) is 20.7 Å². The number of aromatic nitrogens is 3. The molecule has 7 aromatic carbocycles. The molecule has 0 amide bonds. The third-order valence-electron chi connectivity index (χ3n) is 13.1. The Morgan fingerprint density at radius 1 is 0.636 bits per heavy atom. The fourth-order valence-corrected chi connectivity index (χ4v) is 9.80. The van der Waals surface area contributed by atoms with E-state index in [0.29, 0.717) is 12.5 Å². The van der Waals surface area contributed by atoms with Gasteiger partial charge >= 0.3 is 0 Å². The third kappa shape index (κ3) is 7.83. The standard InChI is InChI=1S/C61H51N5/c1-2-44(18-16-17-43-64-57-27-14-12-25-55(57)56-26-13-15-28-58(56)64)54-41-42-62-61-59(54)63-60(66(61)50-23-10-5-11-24-50)49-33-39-53(40-34-49)65(51-35-29-47(30-36-51)45-19-6-3-7-20-45)52-37-31-48(32-38-52)46-21-8-4-9-22-46/h3-21,23-40,46H,2,22,41-43H2,1H3/b17-16-,44-18+. The molecule has 1 unspecified atom stereocenters. The topological polar surface area (TPSA) is 38.4 Å². The zero-order valence-corrected chi connectivity index (χ0v) is 37.2. The molecule has 0 saturated carbocycles. The second kappa shape index (κ2) is 18.2. The maximum atomic E-state index is 5.51. The third-order valence-corrected chi connectivity index (χ3v) is 13.1. The first kappa shape index (κ1) is 40.7. The summed E-state index contributed by atoms with van der Waals surface area (Å²) in [5, 5.41) is 3.56. The van der Waals surface area contributed by atoms with E-state index in [4.69, 9.17) is 9.98 Å². The first-order chi connectivity index (χ1) is 32.7. The Balaban J connectivity index is 0.962. The maximum Gasteiger partial charge on any atom is 0.160 e. The zero-order valence-electron chi connectivity index (χ0n) is 37.2. The Bertz CT molecular complexity index is 3370. The van der Waals surface area contributed by atoms with Crippen LogP contribution in [0.5, 0.6) is 0 Å².